The Balaban J connectivity index is 1.42. The second kappa shape index (κ2) is 10.9. The topological polar surface area (TPSA) is 90.6 Å². The Labute approximate surface area is 183 Å². The van der Waals surface area contributed by atoms with Gasteiger partial charge < -0.3 is 19.9 Å². The SMILES string of the molecule is COc1ccc(-c2n[nH]c(NC(=O)CCCCN3CCCN(C(C)=O)CC3)c2C)cc1. The van der Waals surface area contributed by atoms with Gasteiger partial charge in [0, 0.05) is 44.1 Å². The minimum atomic E-state index is -0.00773. The van der Waals surface area contributed by atoms with Gasteiger partial charge in [0.2, 0.25) is 11.8 Å². The van der Waals surface area contributed by atoms with Crippen LogP contribution in [-0.4, -0.2) is 71.6 Å². The zero-order valence-corrected chi connectivity index (χ0v) is 18.7. The Bertz CT molecular complexity index is 878. The van der Waals surface area contributed by atoms with Gasteiger partial charge in [-0.05, 0) is 63.5 Å². The van der Waals surface area contributed by atoms with E-state index in [1.807, 2.05) is 36.1 Å². The highest BCUT2D eigenvalue weighted by atomic mass is 16.5. The summed E-state index contributed by atoms with van der Waals surface area (Å²) >= 11 is 0. The lowest BCUT2D eigenvalue weighted by atomic mass is 10.1. The van der Waals surface area contributed by atoms with E-state index in [1.165, 1.54) is 0 Å². The number of H-pyrrole nitrogens is 1. The fraction of sp³-hybridized carbons (Fsp3) is 0.522. The van der Waals surface area contributed by atoms with Gasteiger partial charge in [0.1, 0.15) is 11.6 Å². The van der Waals surface area contributed by atoms with Crippen molar-refractivity contribution in [3.63, 3.8) is 0 Å². The molecular weight excluding hydrogens is 394 g/mol. The summed E-state index contributed by atoms with van der Waals surface area (Å²) in [6.45, 7) is 8.11. The van der Waals surface area contributed by atoms with Crippen LogP contribution in [0.3, 0.4) is 0 Å². The number of methoxy groups -OCH3 is 1. The van der Waals surface area contributed by atoms with Crippen molar-refractivity contribution >= 4 is 17.6 Å². The molecule has 0 spiro atoms. The summed E-state index contributed by atoms with van der Waals surface area (Å²) in [5.74, 6) is 1.59. The summed E-state index contributed by atoms with van der Waals surface area (Å²) in [6, 6.07) is 7.69. The first-order chi connectivity index (χ1) is 15.0. The molecule has 0 unspecified atom stereocenters. The highest BCUT2D eigenvalue weighted by Gasteiger charge is 2.16. The Morgan fingerprint density at radius 2 is 1.90 bits per heavy atom. The maximum atomic E-state index is 12.4. The summed E-state index contributed by atoms with van der Waals surface area (Å²) in [5, 5.41) is 10.3. The molecule has 1 fully saturated rings. The number of ether oxygens (including phenoxy) is 1. The average molecular weight is 428 g/mol. The maximum Gasteiger partial charge on any atom is 0.225 e. The molecule has 8 heteroatoms. The number of amides is 2. The molecule has 2 aromatic rings. The number of nitrogens with one attached hydrogen (secondary N) is 2. The van der Waals surface area contributed by atoms with Crippen molar-refractivity contribution in [1.29, 1.82) is 0 Å². The summed E-state index contributed by atoms with van der Waals surface area (Å²) in [6.07, 6.45) is 3.28. The highest BCUT2D eigenvalue weighted by molar-refractivity contribution is 5.91. The Morgan fingerprint density at radius 3 is 2.61 bits per heavy atom. The first-order valence-electron chi connectivity index (χ1n) is 10.9. The molecule has 3 rings (SSSR count). The zero-order valence-electron chi connectivity index (χ0n) is 18.7. The van der Waals surface area contributed by atoms with Crippen molar-refractivity contribution < 1.29 is 14.3 Å². The summed E-state index contributed by atoms with van der Waals surface area (Å²) in [4.78, 5) is 28.2. The van der Waals surface area contributed by atoms with E-state index in [1.54, 1.807) is 14.0 Å². The van der Waals surface area contributed by atoms with Crippen molar-refractivity contribution in [1.82, 2.24) is 20.0 Å². The summed E-state index contributed by atoms with van der Waals surface area (Å²) in [5.41, 5.74) is 2.70. The van der Waals surface area contributed by atoms with Crippen LogP contribution in [0.4, 0.5) is 5.82 Å². The molecule has 0 saturated carbocycles. The quantitative estimate of drug-likeness (QED) is 0.632. The molecule has 168 valence electrons. The van der Waals surface area contributed by atoms with Crippen LogP contribution in [0.1, 0.15) is 38.2 Å². The monoisotopic (exact) mass is 427 g/mol. The predicted octanol–water partition coefficient (Wildman–Crippen LogP) is 3.06. The number of nitrogens with zero attached hydrogens (tertiary/aromatic N) is 3. The van der Waals surface area contributed by atoms with E-state index < -0.39 is 0 Å². The molecule has 31 heavy (non-hydrogen) atoms. The molecule has 1 aromatic carbocycles. The first-order valence-corrected chi connectivity index (χ1v) is 10.9. The van der Waals surface area contributed by atoms with Crippen molar-refractivity contribution in [2.75, 3.05) is 45.2 Å². The Kier molecular flexibility index (Phi) is 8.06. The maximum absolute atomic E-state index is 12.4. The first kappa shape index (κ1) is 22.8. The Morgan fingerprint density at radius 1 is 1.13 bits per heavy atom. The molecule has 0 atom stereocenters. The lowest BCUT2D eigenvalue weighted by Crippen LogP contribution is -2.34. The molecule has 1 aromatic heterocycles. The van der Waals surface area contributed by atoms with Gasteiger partial charge in [0.05, 0.1) is 12.8 Å². The molecule has 1 aliphatic rings. The molecule has 2 amide bonds. The summed E-state index contributed by atoms with van der Waals surface area (Å²) in [7, 11) is 1.64. The van der Waals surface area contributed by atoms with E-state index >= 15 is 0 Å². The standard InChI is InChI=1S/C23H33N5O3/c1-17-22(19-8-10-20(31-3)11-9-19)25-26-23(17)24-21(30)7-4-5-12-27-13-6-14-28(16-15-27)18(2)29/h8-11H,4-7,12-16H2,1-3H3,(H2,24,25,26,30). The number of aromatic nitrogens is 2. The molecular formula is C23H33N5O3. The number of carbonyl (C=O) groups excluding carboxylic acids is 2. The van der Waals surface area contributed by atoms with E-state index in [0.29, 0.717) is 12.2 Å². The minimum absolute atomic E-state index is 0.00773. The van der Waals surface area contributed by atoms with Crippen LogP contribution >= 0.6 is 0 Å². The number of hydrogen-bond donors (Lipinski definition) is 2. The minimum Gasteiger partial charge on any atom is -0.497 e. The van der Waals surface area contributed by atoms with Gasteiger partial charge in [0.25, 0.3) is 0 Å². The highest BCUT2D eigenvalue weighted by Crippen LogP contribution is 2.27. The molecule has 0 radical (unpaired) electrons. The van der Waals surface area contributed by atoms with Gasteiger partial charge in [-0.1, -0.05) is 0 Å². The van der Waals surface area contributed by atoms with Crippen LogP contribution < -0.4 is 10.1 Å². The molecule has 8 nitrogen and oxygen atoms in total. The van der Waals surface area contributed by atoms with Crippen LogP contribution in [0.2, 0.25) is 0 Å². The fourth-order valence-electron chi connectivity index (χ4n) is 3.88. The lowest BCUT2D eigenvalue weighted by Gasteiger charge is -2.20. The van der Waals surface area contributed by atoms with Crippen molar-refractivity contribution in [3.8, 4) is 17.0 Å². The zero-order chi connectivity index (χ0) is 22.2. The van der Waals surface area contributed by atoms with Crippen molar-refractivity contribution in [2.45, 2.75) is 39.5 Å². The van der Waals surface area contributed by atoms with Gasteiger partial charge in [-0.3, -0.25) is 14.7 Å². The number of unbranched alkanes of at least 4 members (excludes halogenated alkanes) is 1. The fourth-order valence-corrected chi connectivity index (χ4v) is 3.88. The van der Waals surface area contributed by atoms with Crippen molar-refractivity contribution in [3.05, 3.63) is 29.8 Å². The van der Waals surface area contributed by atoms with Crippen LogP contribution in [0, 0.1) is 6.92 Å². The second-order valence-electron chi connectivity index (χ2n) is 8.01. The Hall–Kier alpha value is -2.87. The summed E-state index contributed by atoms with van der Waals surface area (Å²) < 4.78 is 5.19. The normalized spacial score (nSPS) is 14.9. The van der Waals surface area contributed by atoms with Crippen LogP contribution in [0.5, 0.6) is 5.75 Å². The van der Waals surface area contributed by atoms with E-state index in [-0.39, 0.29) is 11.8 Å². The van der Waals surface area contributed by atoms with E-state index in [4.69, 9.17) is 4.74 Å². The van der Waals surface area contributed by atoms with Gasteiger partial charge in [-0.25, -0.2) is 0 Å². The third-order valence-corrected chi connectivity index (χ3v) is 5.80. The van der Waals surface area contributed by atoms with Gasteiger partial charge >= 0.3 is 0 Å². The number of carbonyl (C=O) groups is 2. The molecule has 1 aliphatic heterocycles. The van der Waals surface area contributed by atoms with Gasteiger partial charge in [-0.2, -0.15) is 5.10 Å². The number of aromatic amines is 1. The number of hydrogen-bond acceptors (Lipinski definition) is 5. The number of anilines is 1. The molecule has 1 saturated heterocycles. The van der Waals surface area contributed by atoms with E-state index in [0.717, 1.165) is 74.6 Å². The predicted molar refractivity (Wildman–Crippen MR) is 121 cm³/mol. The number of benzene rings is 1. The molecule has 0 bridgehead atoms. The van der Waals surface area contributed by atoms with E-state index in [9.17, 15) is 9.59 Å². The van der Waals surface area contributed by atoms with Gasteiger partial charge in [0.15, 0.2) is 0 Å². The van der Waals surface area contributed by atoms with E-state index in [2.05, 4.69) is 20.4 Å². The smallest absolute Gasteiger partial charge is 0.225 e. The second-order valence-corrected chi connectivity index (χ2v) is 8.01. The molecule has 2 N–H and O–H groups in total. The van der Waals surface area contributed by atoms with Crippen LogP contribution in [-0.2, 0) is 9.59 Å². The number of rotatable bonds is 8. The van der Waals surface area contributed by atoms with Crippen LogP contribution in [0.15, 0.2) is 24.3 Å². The van der Waals surface area contributed by atoms with Crippen LogP contribution in [0.25, 0.3) is 11.3 Å². The third-order valence-electron chi connectivity index (χ3n) is 5.80. The molecule has 2 heterocycles. The lowest BCUT2D eigenvalue weighted by molar-refractivity contribution is -0.128. The largest absolute Gasteiger partial charge is 0.497 e. The van der Waals surface area contributed by atoms with Gasteiger partial charge in [-0.15, -0.1) is 0 Å². The van der Waals surface area contributed by atoms with Crippen molar-refractivity contribution in [2.24, 2.45) is 0 Å². The third kappa shape index (κ3) is 6.30. The molecule has 0 aliphatic carbocycles. The average Bonchev–Trinajstić information content (AvgIpc) is 2.97.